The molecule has 1 aromatic rings. The highest BCUT2D eigenvalue weighted by molar-refractivity contribution is 5.84. The topological polar surface area (TPSA) is 97.1 Å². The van der Waals surface area contributed by atoms with Crippen molar-refractivity contribution < 1.29 is 14.7 Å². The molecule has 1 aromatic heterocycles. The summed E-state index contributed by atoms with van der Waals surface area (Å²) in [7, 11) is 0. The van der Waals surface area contributed by atoms with Crippen LogP contribution in [0.1, 0.15) is 50.5 Å². The minimum Gasteiger partial charge on any atom is -0.476 e. The Kier molecular flexibility index (Phi) is 6.14. The molecule has 1 rings (SSSR count). The fourth-order valence-electron chi connectivity index (χ4n) is 1.85. The molecule has 0 aliphatic carbocycles. The van der Waals surface area contributed by atoms with Crippen molar-refractivity contribution >= 4 is 11.9 Å². The van der Waals surface area contributed by atoms with E-state index >= 15 is 0 Å². The van der Waals surface area contributed by atoms with Gasteiger partial charge in [-0.1, -0.05) is 31.9 Å². The van der Waals surface area contributed by atoms with Crippen molar-refractivity contribution in [2.45, 2.75) is 52.6 Å². The molecule has 112 valence electrons. The molecule has 0 aliphatic heterocycles. The molecule has 0 fully saturated rings. The Morgan fingerprint density at radius 3 is 2.60 bits per heavy atom. The van der Waals surface area contributed by atoms with Crippen LogP contribution in [-0.4, -0.2) is 38.0 Å². The lowest BCUT2D eigenvalue weighted by Gasteiger charge is -2.14. The lowest BCUT2D eigenvalue weighted by Crippen LogP contribution is -2.35. The van der Waals surface area contributed by atoms with Gasteiger partial charge in [-0.05, 0) is 19.3 Å². The fraction of sp³-hybridized carbons (Fsp3) is 0.692. The first-order chi connectivity index (χ1) is 9.38. The van der Waals surface area contributed by atoms with Gasteiger partial charge in [0.15, 0.2) is 5.69 Å². The number of aromatic nitrogens is 3. The van der Waals surface area contributed by atoms with Crippen LogP contribution in [0.25, 0.3) is 0 Å². The first-order valence-electron chi connectivity index (χ1n) is 6.81. The van der Waals surface area contributed by atoms with Gasteiger partial charge >= 0.3 is 5.97 Å². The molecule has 1 heterocycles. The van der Waals surface area contributed by atoms with Crippen LogP contribution in [0.3, 0.4) is 0 Å². The van der Waals surface area contributed by atoms with Gasteiger partial charge in [-0.25, -0.2) is 9.48 Å². The number of hydrogen-bond acceptors (Lipinski definition) is 4. The van der Waals surface area contributed by atoms with Crippen LogP contribution in [-0.2, 0) is 11.3 Å². The van der Waals surface area contributed by atoms with E-state index in [9.17, 15) is 9.59 Å². The zero-order valence-corrected chi connectivity index (χ0v) is 12.2. The Balaban J connectivity index is 2.33. The summed E-state index contributed by atoms with van der Waals surface area (Å²) in [4.78, 5) is 22.4. The number of nitrogens with zero attached hydrogens (tertiary/aromatic N) is 3. The van der Waals surface area contributed by atoms with Crippen molar-refractivity contribution in [3.05, 3.63) is 11.9 Å². The largest absolute Gasteiger partial charge is 0.476 e. The van der Waals surface area contributed by atoms with Crippen molar-refractivity contribution in [1.82, 2.24) is 20.3 Å². The number of carboxylic acid groups (broad SMARTS) is 1. The van der Waals surface area contributed by atoms with Crippen LogP contribution in [0, 0.1) is 5.92 Å². The van der Waals surface area contributed by atoms with Gasteiger partial charge in [0.25, 0.3) is 0 Å². The van der Waals surface area contributed by atoms with Gasteiger partial charge in [-0.3, -0.25) is 4.79 Å². The van der Waals surface area contributed by atoms with Gasteiger partial charge in [-0.15, -0.1) is 5.10 Å². The van der Waals surface area contributed by atoms with E-state index in [1.807, 2.05) is 6.92 Å². The minimum absolute atomic E-state index is 0.0190. The van der Waals surface area contributed by atoms with E-state index in [0.29, 0.717) is 5.92 Å². The predicted octanol–water partition coefficient (Wildman–Crippen LogP) is 1.31. The summed E-state index contributed by atoms with van der Waals surface area (Å²) in [6.07, 6.45) is 4.39. The lowest BCUT2D eigenvalue weighted by molar-refractivity contribution is -0.122. The Morgan fingerprint density at radius 2 is 2.05 bits per heavy atom. The van der Waals surface area contributed by atoms with E-state index in [1.54, 1.807) is 0 Å². The molecular weight excluding hydrogens is 260 g/mol. The first kappa shape index (κ1) is 16.1. The molecule has 1 amide bonds. The molecule has 0 aliphatic rings. The van der Waals surface area contributed by atoms with Gasteiger partial charge in [0.2, 0.25) is 5.91 Å². The fourth-order valence-corrected chi connectivity index (χ4v) is 1.85. The summed E-state index contributed by atoms with van der Waals surface area (Å²) < 4.78 is 1.22. The molecule has 0 aromatic carbocycles. The minimum atomic E-state index is -1.15. The quantitative estimate of drug-likeness (QED) is 0.749. The van der Waals surface area contributed by atoms with E-state index in [2.05, 4.69) is 29.5 Å². The Hall–Kier alpha value is -1.92. The maximum absolute atomic E-state index is 11.8. The molecule has 2 N–H and O–H groups in total. The molecule has 0 saturated heterocycles. The maximum atomic E-state index is 11.8. The summed E-state index contributed by atoms with van der Waals surface area (Å²) in [5.41, 5.74) is -0.164. The summed E-state index contributed by atoms with van der Waals surface area (Å²) in [6.45, 7) is 6.29. The number of nitrogens with one attached hydrogen (secondary N) is 1. The average molecular weight is 282 g/mol. The molecule has 0 spiro atoms. The molecule has 0 radical (unpaired) electrons. The second-order valence-corrected chi connectivity index (χ2v) is 5.40. The van der Waals surface area contributed by atoms with E-state index < -0.39 is 5.97 Å². The van der Waals surface area contributed by atoms with E-state index in [-0.39, 0.29) is 24.2 Å². The maximum Gasteiger partial charge on any atom is 0.358 e. The van der Waals surface area contributed by atoms with Crippen LogP contribution in [0.2, 0.25) is 0 Å². The molecule has 7 heteroatoms. The Labute approximate surface area is 118 Å². The summed E-state index contributed by atoms with van der Waals surface area (Å²) in [5.74, 6) is -0.676. The highest BCUT2D eigenvalue weighted by atomic mass is 16.4. The molecular formula is C13H22N4O3. The second-order valence-electron chi connectivity index (χ2n) is 5.40. The number of carbonyl (C=O) groups excluding carboxylic acids is 1. The third-order valence-corrected chi connectivity index (χ3v) is 2.89. The van der Waals surface area contributed by atoms with Crippen LogP contribution in [0.4, 0.5) is 0 Å². The van der Waals surface area contributed by atoms with Gasteiger partial charge in [0.05, 0.1) is 6.20 Å². The monoisotopic (exact) mass is 282 g/mol. The van der Waals surface area contributed by atoms with E-state index in [1.165, 1.54) is 10.9 Å². The molecule has 1 unspecified atom stereocenters. The lowest BCUT2D eigenvalue weighted by atomic mass is 10.0. The third-order valence-electron chi connectivity index (χ3n) is 2.89. The van der Waals surface area contributed by atoms with Crippen molar-refractivity contribution in [2.75, 3.05) is 0 Å². The van der Waals surface area contributed by atoms with Crippen molar-refractivity contribution in [2.24, 2.45) is 5.92 Å². The summed E-state index contributed by atoms with van der Waals surface area (Å²) >= 11 is 0. The van der Waals surface area contributed by atoms with Crippen LogP contribution in [0.5, 0.6) is 0 Å². The molecule has 1 atom stereocenters. The van der Waals surface area contributed by atoms with Crippen LogP contribution < -0.4 is 5.32 Å². The van der Waals surface area contributed by atoms with Crippen LogP contribution >= 0.6 is 0 Å². The van der Waals surface area contributed by atoms with Crippen molar-refractivity contribution in [3.8, 4) is 0 Å². The van der Waals surface area contributed by atoms with Crippen molar-refractivity contribution in [1.29, 1.82) is 0 Å². The molecule has 7 nitrogen and oxygen atoms in total. The molecule has 0 saturated carbocycles. The molecule has 20 heavy (non-hydrogen) atoms. The highest BCUT2D eigenvalue weighted by Crippen LogP contribution is 2.08. The number of carbonyl (C=O) groups is 2. The zero-order chi connectivity index (χ0) is 15.1. The smallest absolute Gasteiger partial charge is 0.358 e. The Morgan fingerprint density at radius 1 is 1.35 bits per heavy atom. The number of carboxylic acids is 1. The number of hydrogen-bond donors (Lipinski definition) is 2. The first-order valence-corrected chi connectivity index (χ1v) is 6.81. The van der Waals surface area contributed by atoms with Gasteiger partial charge in [-0.2, -0.15) is 0 Å². The van der Waals surface area contributed by atoms with E-state index in [4.69, 9.17) is 5.11 Å². The van der Waals surface area contributed by atoms with Crippen LogP contribution in [0.15, 0.2) is 6.20 Å². The SMILES string of the molecule is CC(C)CCCC(C)NC(=O)Cn1cc(C(=O)O)nn1. The van der Waals surface area contributed by atoms with E-state index in [0.717, 1.165) is 19.3 Å². The summed E-state index contributed by atoms with van der Waals surface area (Å²) in [6, 6.07) is 0.101. The highest BCUT2D eigenvalue weighted by Gasteiger charge is 2.12. The normalized spacial score (nSPS) is 12.4. The van der Waals surface area contributed by atoms with Crippen molar-refractivity contribution in [3.63, 3.8) is 0 Å². The average Bonchev–Trinajstić information content (AvgIpc) is 2.76. The third kappa shape index (κ3) is 5.81. The van der Waals surface area contributed by atoms with Gasteiger partial charge in [0.1, 0.15) is 6.54 Å². The zero-order valence-electron chi connectivity index (χ0n) is 12.2. The number of aromatic carboxylic acids is 1. The predicted molar refractivity (Wildman–Crippen MR) is 73.3 cm³/mol. The standard InChI is InChI=1S/C13H22N4O3/c1-9(2)5-4-6-10(3)14-12(18)8-17-7-11(13(19)20)15-16-17/h7,9-10H,4-6,8H2,1-3H3,(H,14,18)(H,19,20). The second kappa shape index (κ2) is 7.62. The van der Waals surface area contributed by atoms with Gasteiger partial charge < -0.3 is 10.4 Å². The molecule has 0 bridgehead atoms. The number of amides is 1. The van der Waals surface area contributed by atoms with Gasteiger partial charge in [0, 0.05) is 6.04 Å². The summed E-state index contributed by atoms with van der Waals surface area (Å²) in [5, 5.41) is 18.6. The number of rotatable bonds is 8. The Bertz CT molecular complexity index is 456.